The number of nitrogens with zero attached hydrogens (tertiary/aromatic N) is 1. The van der Waals surface area contributed by atoms with Crippen LogP contribution in [0.1, 0.15) is 23.5 Å². The van der Waals surface area contributed by atoms with Crippen LogP contribution in [-0.4, -0.2) is 21.6 Å². The number of benzene rings is 1. The number of rotatable bonds is 3. The van der Waals surface area contributed by atoms with Gasteiger partial charge in [-0.3, -0.25) is 9.59 Å². The summed E-state index contributed by atoms with van der Waals surface area (Å²) in [5.74, 6) is 0.0771. The fraction of sp³-hybridized carbons (Fsp3) is 0.188. The molecular weight excluding hydrogens is 336 g/mol. The van der Waals surface area contributed by atoms with Crippen LogP contribution in [0.5, 0.6) is 0 Å². The Morgan fingerprint density at radius 2 is 2.00 bits per heavy atom. The molecule has 0 radical (unpaired) electrons. The number of H-pyrrole nitrogens is 1. The van der Waals surface area contributed by atoms with E-state index in [0.717, 1.165) is 30.0 Å². The molecule has 0 bridgehead atoms. The zero-order valence-corrected chi connectivity index (χ0v) is 13.0. The highest BCUT2D eigenvalue weighted by molar-refractivity contribution is 7.99. The number of thioether (sulfide) groups is 1. The number of nitrogens with one attached hydrogen (secondary N) is 2. The molecule has 122 valence electrons. The molecule has 0 saturated heterocycles. The first-order chi connectivity index (χ1) is 11.5. The van der Waals surface area contributed by atoms with Crippen molar-refractivity contribution in [3.8, 4) is 12.3 Å². The molecule has 0 spiro atoms. The highest BCUT2D eigenvalue weighted by atomic mass is 32.2. The number of aromatic nitrogens is 2. The monoisotopic (exact) mass is 347 g/mol. The second-order valence-corrected chi connectivity index (χ2v) is 6.10. The summed E-state index contributed by atoms with van der Waals surface area (Å²) in [6.45, 7) is 0. The Kier molecular flexibility index (Phi) is 4.36. The Balaban J connectivity index is 2.11. The Morgan fingerprint density at radius 3 is 2.67 bits per heavy atom. The summed E-state index contributed by atoms with van der Waals surface area (Å²) in [6.07, 6.45) is 5.07. The Bertz CT molecular complexity index is 900. The molecule has 0 fully saturated rings. The minimum absolute atomic E-state index is 0.0872. The fourth-order valence-corrected chi connectivity index (χ4v) is 3.13. The van der Waals surface area contributed by atoms with Crippen molar-refractivity contribution >= 4 is 23.5 Å². The van der Waals surface area contributed by atoms with Gasteiger partial charge in [0, 0.05) is 18.4 Å². The Hall–Kier alpha value is -2.66. The van der Waals surface area contributed by atoms with Crippen LogP contribution in [0.4, 0.5) is 14.6 Å². The predicted molar refractivity (Wildman–Crippen MR) is 85.9 cm³/mol. The number of carbonyl (C=O) groups excluding carboxylic acids is 1. The smallest absolute Gasteiger partial charge is 0.257 e. The summed E-state index contributed by atoms with van der Waals surface area (Å²) in [5, 5.41) is 2.79. The quantitative estimate of drug-likeness (QED) is 0.507. The first-order valence-electron chi connectivity index (χ1n) is 6.94. The molecule has 1 aliphatic heterocycles. The molecule has 2 N–H and O–H groups in total. The average Bonchev–Trinajstić information content (AvgIpc) is 2.50. The zero-order chi connectivity index (χ0) is 17.3. The van der Waals surface area contributed by atoms with Crippen LogP contribution in [0, 0.1) is 24.0 Å². The van der Waals surface area contributed by atoms with E-state index in [0.29, 0.717) is 5.75 Å². The Morgan fingerprint density at radius 1 is 1.29 bits per heavy atom. The van der Waals surface area contributed by atoms with E-state index in [1.807, 2.05) is 0 Å². The zero-order valence-electron chi connectivity index (χ0n) is 12.2. The maximum atomic E-state index is 13.5. The van der Waals surface area contributed by atoms with Crippen molar-refractivity contribution in [2.45, 2.75) is 17.5 Å². The summed E-state index contributed by atoms with van der Waals surface area (Å²) in [5.41, 5.74) is -0.0984. The van der Waals surface area contributed by atoms with Gasteiger partial charge in [0.1, 0.15) is 17.5 Å². The van der Waals surface area contributed by atoms with Crippen molar-refractivity contribution in [3.63, 3.8) is 0 Å². The van der Waals surface area contributed by atoms with E-state index in [9.17, 15) is 18.4 Å². The summed E-state index contributed by atoms with van der Waals surface area (Å²) in [4.78, 5) is 31.1. The first-order valence-corrected chi connectivity index (χ1v) is 7.93. The van der Waals surface area contributed by atoms with Gasteiger partial charge >= 0.3 is 0 Å². The standard InChI is InChI=1S/C16H11F2N3O2S/c1-2-3-24-16-20-14-13(15(23)21-16)11(7-12(22)19-14)8-4-9(17)6-10(18)5-8/h1,4-6,11H,3,7H2,(H2,19,20,21,22,23)/t11-/m1/s1. The SMILES string of the molecule is C#CCSc1nc2c(c(=O)[nH]1)[C@@H](c1cc(F)cc(F)c1)CC(=O)N2. The van der Waals surface area contributed by atoms with Gasteiger partial charge in [-0.1, -0.05) is 17.7 Å². The van der Waals surface area contributed by atoms with Gasteiger partial charge in [0.05, 0.1) is 11.3 Å². The lowest BCUT2D eigenvalue weighted by molar-refractivity contribution is -0.116. The molecule has 1 aromatic heterocycles. The van der Waals surface area contributed by atoms with Crippen LogP contribution in [0.3, 0.4) is 0 Å². The molecule has 3 rings (SSSR count). The van der Waals surface area contributed by atoms with Crippen LogP contribution in [0.25, 0.3) is 0 Å². The number of hydrogen-bond donors (Lipinski definition) is 2. The van der Waals surface area contributed by atoms with Crippen molar-refractivity contribution in [2.24, 2.45) is 0 Å². The number of hydrogen-bond acceptors (Lipinski definition) is 4. The molecule has 1 aromatic carbocycles. The van der Waals surface area contributed by atoms with Gasteiger partial charge < -0.3 is 10.3 Å². The molecule has 0 unspecified atom stereocenters. The number of anilines is 1. The minimum atomic E-state index is -0.776. The third kappa shape index (κ3) is 3.16. The fourth-order valence-electron chi connectivity index (χ4n) is 2.59. The van der Waals surface area contributed by atoms with Crippen LogP contribution in [0.15, 0.2) is 28.2 Å². The number of amides is 1. The maximum Gasteiger partial charge on any atom is 0.257 e. The minimum Gasteiger partial charge on any atom is -0.310 e. The molecule has 1 amide bonds. The molecule has 24 heavy (non-hydrogen) atoms. The van der Waals surface area contributed by atoms with Crippen LogP contribution >= 0.6 is 11.8 Å². The largest absolute Gasteiger partial charge is 0.310 e. The van der Waals surface area contributed by atoms with Gasteiger partial charge in [-0.05, 0) is 17.7 Å². The second kappa shape index (κ2) is 6.45. The predicted octanol–water partition coefficient (Wildman–Crippen LogP) is 2.25. The lowest BCUT2D eigenvalue weighted by Gasteiger charge is -2.24. The highest BCUT2D eigenvalue weighted by Crippen LogP contribution is 2.34. The van der Waals surface area contributed by atoms with Crippen LogP contribution in [0.2, 0.25) is 0 Å². The number of aromatic amines is 1. The van der Waals surface area contributed by atoms with Crippen LogP contribution < -0.4 is 10.9 Å². The van der Waals surface area contributed by atoms with Crippen LogP contribution in [-0.2, 0) is 4.79 Å². The third-order valence-electron chi connectivity index (χ3n) is 3.51. The van der Waals surface area contributed by atoms with E-state index < -0.39 is 23.1 Å². The van der Waals surface area contributed by atoms with Crippen molar-refractivity contribution in [2.75, 3.05) is 11.1 Å². The van der Waals surface area contributed by atoms with Gasteiger partial charge in [0.15, 0.2) is 5.16 Å². The molecule has 0 saturated carbocycles. The van der Waals surface area contributed by atoms with E-state index in [-0.39, 0.29) is 34.4 Å². The van der Waals surface area contributed by atoms with Gasteiger partial charge in [-0.2, -0.15) is 0 Å². The first kappa shape index (κ1) is 16.2. The van der Waals surface area contributed by atoms with E-state index in [4.69, 9.17) is 6.42 Å². The molecule has 2 aromatic rings. The molecule has 1 atom stereocenters. The summed E-state index contributed by atoms with van der Waals surface area (Å²) >= 11 is 1.14. The van der Waals surface area contributed by atoms with Crippen molar-refractivity contribution in [1.29, 1.82) is 0 Å². The summed E-state index contributed by atoms with van der Waals surface area (Å²) in [7, 11) is 0. The van der Waals surface area contributed by atoms with Crippen molar-refractivity contribution in [3.05, 3.63) is 51.3 Å². The van der Waals surface area contributed by atoms with E-state index in [1.54, 1.807) is 0 Å². The molecule has 8 heteroatoms. The molecule has 1 aliphatic rings. The average molecular weight is 347 g/mol. The lowest BCUT2D eigenvalue weighted by Crippen LogP contribution is -2.31. The van der Waals surface area contributed by atoms with Gasteiger partial charge in [0.25, 0.3) is 5.56 Å². The van der Waals surface area contributed by atoms with Gasteiger partial charge in [0.2, 0.25) is 5.91 Å². The molecule has 2 heterocycles. The molecule has 5 nitrogen and oxygen atoms in total. The summed E-state index contributed by atoms with van der Waals surface area (Å²) < 4.78 is 27.0. The van der Waals surface area contributed by atoms with E-state index in [1.165, 1.54) is 0 Å². The molecular formula is C16H11F2N3O2S. The lowest BCUT2D eigenvalue weighted by atomic mass is 9.87. The number of carbonyl (C=O) groups is 1. The molecule has 0 aliphatic carbocycles. The number of halogens is 2. The normalized spacial score (nSPS) is 16.2. The van der Waals surface area contributed by atoms with E-state index in [2.05, 4.69) is 21.2 Å². The maximum absolute atomic E-state index is 13.5. The van der Waals surface area contributed by atoms with E-state index >= 15 is 0 Å². The van der Waals surface area contributed by atoms with Gasteiger partial charge in [-0.15, -0.1) is 6.42 Å². The third-order valence-corrected chi connectivity index (χ3v) is 4.29. The van der Waals surface area contributed by atoms with Crippen molar-refractivity contribution < 1.29 is 13.6 Å². The second-order valence-electron chi connectivity index (χ2n) is 5.13. The topological polar surface area (TPSA) is 74.8 Å². The van der Waals surface area contributed by atoms with Gasteiger partial charge in [-0.25, -0.2) is 13.8 Å². The highest BCUT2D eigenvalue weighted by Gasteiger charge is 2.31. The van der Waals surface area contributed by atoms with Crippen molar-refractivity contribution in [1.82, 2.24) is 9.97 Å². The summed E-state index contributed by atoms with van der Waals surface area (Å²) in [6, 6.07) is 2.95. The number of fused-ring (bicyclic) bond motifs is 1. The number of terminal acetylenes is 1. The Labute approximate surface area is 139 Å².